The van der Waals surface area contributed by atoms with E-state index in [4.69, 9.17) is 0 Å². The van der Waals surface area contributed by atoms with Crippen LogP contribution >= 0.6 is 0 Å². The third-order valence-electron chi connectivity index (χ3n) is 4.12. The highest BCUT2D eigenvalue weighted by Crippen LogP contribution is 2.34. The van der Waals surface area contributed by atoms with E-state index in [1.54, 1.807) is 19.1 Å². The molecule has 124 valence electrons. The lowest BCUT2D eigenvalue weighted by Gasteiger charge is -2.03. The first-order valence-corrected chi connectivity index (χ1v) is 7.65. The molecule has 0 aliphatic heterocycles. The highest BCUT2D eigenvalue weighted by molar-refractivity contribution is 5.98. The zero-order chi connectivity index (χ0) is 17.6. The molecular formula is C18H14N4O3. The van der Waals surface area contributed by atoms with Crippen LogP contribution in [-0.2, 0) is 0 Å². The number of phenols is 1. The van der Waals surface area contributed by atoms with Gasteiger partial charge in [0.05, 0.1) is 0 Å². The van der Waals surface area contributed by atoms with E-state index in [9.17, 15) is 15.2 Å². The van der Waals surface area contributed by atoms with Gasteiger partial charge in [-0.1, -0.05) is 18.2 Å². The van der Waals surface area contributed by atoms with E-state index in [0.29, 0.717) is 17.1 Å². The molecule has 0 amide bonds. The van der Waals surface area contributed by atoms with Crippen LogP contribution in [0.25, 0.3) is 33.3 Å². The summed E-state index contributed by atoms with van der Waals surface area (Å²) in [6.07, 6.45) is 1.88. The molecule has 0 radical (unpaired) electrons. The van der Waals surface area contributed by atoms with E-state index in [0.717, 1.165) is 22.0 Å². The number of phenolic OH excluding ortho intramolecular Hbond substituents is 1. The highest BCUT2D eigenvalue weighted by Gasteiger charge is 2.20. The summed E-state index contributed by atoms with van der Waals surface area (Å²) in [4.78, 5) is 20.9. The highest BCUT2D eigenvalue weighted by atomic mass is 16.6. The van der Waals surface area contributed by atoms with Gasteiger partial charge in [0.15, 0.2) is 11.5 Å². The number of nitrogens with zero attached hydrogens (tertiary/aromatic N) is 2. The molecule has 0 atom stereocenters. The largest absolute Gasteiger partial charge is 0.508 e. The third-order valence-corrected chi connectivity index (χ3v) is 4.12. The summed E-state index contributed by atoms with van der Waals surface area (Å²) in [6.45, 7) is 1.69. The molecule has 7 heteroatoms. The van der Waals surface area contributed by atoms with Crippen LogP contribution in [-0.4, -0.2) is 25.0 Å². The molecule has 0 aliphatic rings. The van der Waals surface area contributed by atoms with Gasteiger partial charge in [-0.3, -0.25) is 0 Å². The Hall–Kier alpha value is -3.61. The van der Waals surface area contributed by atoms with Gasteiger partial charge in [-0.2, -0.15) is 0 Å². The second kappa shape index (κ2) is 5.48. The number of nitro groups is 1. The summed E-state index contributed by atoms with van der Waals surface area (Å²) in [6, 6.07) is 12.5. The lowest BCUT2D eigenvalue weighted by Crippen LogP contribution is -1.91. The SMILES string of the molecule is Cc1nc(-c2ccc3[nH]cc(-c4ccc(O)cc4)c3c2)c([N+](=O)[O-])[nH]1. The molecule has 2 aromatic heterocycles. The molecule has 2 aromatic carbocycles. The molecule has 0 spiro atoms. The Bertz CT molecular complexity index is 1090. The Kier molecular flexibility index (Phi) is 3.28. The first-order valence-electron chi connectivity index (χ1n) is 7.65. The molecule has 0 fully saturated rings. The zero-order valence-electron chi connectivity index (χ0n) is 13.3. The molecule has 4 aromatic rings. The molecule has 2 heterocycles. The number of benzene rings is 2. The summed E-state index contributed by atoms with van der Waals surface area (Å²) in [5.41, 5.74) is 3.80. The van der Waals surface area contributed by atoms with Crippen molar-refractivity contribution >= 4 is 16.7 Å². The molecular weight excluding hydrogens is 320 g/mol. The lowest BCUT2D eigenvalue weighted by molar-refractivity contribution is -0.388. The van der Waals surface area contributed by atoms with E-state index in [1.165, 1.54) is 0 Å². The summed E-state index contributed by atoms with van der Waals surface area (Å²) in [5.74, 6) is 0.583. The minimum absolute atomic E-state index is 0.112. The average Bonchev–Trinajstić information content (AvgIpc) is 3.18. The fourth-order valence-corrected chi connectivity index (χ4v) is 2.96. The molecule has 0 aliphatic carbocycles. The number of nitrogens with one attached hydrogen (secondary N) is 2. The maximum absolute atomic E-state index is 11.2. The quantitative estimate of drug-likeness (QED) is 0.386. The third kappa shape index (κ3) is 2.51. The molecule has 7 nitrogen and oxygen atoms in total. The van der Waals surface area contributed by atoms with Gasteiger partial charge < -0.3 is 20.2 Å². The number of aromatic hydroxyl groups is 1. The van der Waals surface area contributed by atoms with Crippen LogP contribution in [0.15, 0.2) is 48.7 Å². The van der Waals surface area contributed by atoms with Crippen LogP contribution < -0.4 is 0 Å². The van der Waals surface area contributed by atoms with Gasteiger partial charge in [-0.05, 0) is 34.8 Å². The number of aryl methyl sites for hydroxylation is 1. The molecule has 4 rings (SSSR count). The topological polar surface area (TPSA) is 108 Å². The van der Waals surface area contributed by atoms with Gasteiger partial charge in [0.1, 0.15) is 5.75 Å². The molecule has 0 bridgehead atoms. The number of hydrogen-bond acceptors (Lipinski definition) is 4. The molecule has 0 unspecified atom stereocenters. The lowest BCUT2D eigenvalue weighted by atomic mass is 10.0. The number of aromatic nitrogens is 3. The average molecular weight is 334 g/mol. The van der Waals surface area contributed by atoms with Crippen molar-refractivity contribution in [1.82, 2.24) is 15.0 Å². The summed E-state index contributed by atoms with van der Waals surface area (Å²) in [5, 5.41) is 21.6. The van der Waals surface area contributed by atoms with Crippen LogP contribution in [0.4, 0.5) is 5.82 Å². The molecule has 3 N–H and O–H groups in total. The Morgan fingerprint density at radius 3 is 2.56 bits per heavy atom. The Labute approximate surface area is 142 Å². The second-order valence-corrected chi connectivity index (χ2v) is 5.79. The van der Waals surface area contributed by atoms with Crippen molar-refractivity contribution in [2.24, 2.45) is 0 Å². The Morgan fingerprint density at radius 1 is 1.12 bits per heavy atom. The Balaban J connectivity index is 1.89. The monoisotopic (exact) mass is 334 g/mol. The Morgan fingerprint density at radius 2 is 1.84 bits per heavy atom. The van der Waals surface area contributed by atoms with Crippen molar-refractivity contribution < 1.29 is 10.0 Å². The first-order chi connectivity index (χ1) is 12.0. The van der Waals surface area contributed by atoms with Crippen molar-refractivity contribution in [3.05, 3.63) is 64.6 Å². The first kappa shape index (κ1) is 14.9. The summed E-state index contributed by atoms with van der Waals surface area (Å²) < 4.78 is 0. The van der Waals surface area contributed by atoms with Crippen molar-refractivity contribution in [1.29, 1.82) is 0 Å². The van der Waals surface area contributed by atoms with E-state index >= 15 is 0 Å². The van der Waals surface area contributed by atoms with E-state index in [-0.39, 0.29) is 11.6 Å². The molecule has 25 heavy (non-hydrogen) atoms. The van der Waals surface area contributed by atoms with Gasteiger partial charge in [0, 0.05) is 35.2 Å². The van der Waals surface area contributed by atoms with Gasteiger partial charge in [0.2, 0.25) is 0 Å². The van der Waals surface area contributed by atoms with E-state index in [1.807, 2.05) is 36.5 Å². The second-order valence-electron chi connectivity index (χ2n) is 5.79. The number of aromatic amines is 2. The maximum atomic E-state index is 11.2. The number of hydrogen-bond donors (Lipinski definition) is 3. The van der Waals surface area contributed by atoms with E-state index < -0.39 is 4.92 Å². The maximum Gasteiger partial charge on any atom is 0.348 e. The minimum atomic E-state index is -0.461. The van der Waals surface area contributed by atoms with Crippen LogP contribution in [0.5, 0.6) is 5.75 Å². The number of rotatable bonds is 3. The van der Waals surface area contributed by atoms with Crippen LogP contribution in [0, 0.1) is 17.0 Å². The zero-order valence-corrected chi connectivity index (χ0v) is 13.3. The summed E-state index contributed by atoms with van der Waals surface area (Å²) >= 11 is 0. The standard InChI is InChI=1S/C18H14N4O3/c1-10-20-17(18(21-10)22(24)25)12-4-7-16-14(8-12)15(9-19-16)11-2-5-13(23)6-3-11/h2-9,19,23H,1H3,(H,20,21). The van der Waals surface area contributed by atoms with Gasteiger partial charge >= 0.3 is 5.82 Å². The normalized spacial score (nSPS) is 11.1. The number of imidazole rings is 1. The van der Waals surface area contributed by atoms with Gasteiger partial charge in [0.25, 0.3) is 0 Å². The van der Waals surface area contributed by atoms with E-state index in [2.05, 4.69) is 15.0 Å². The van der Waals surface area contributed by atoms with Gasteiger partial charge in [-0.25, -0.2) is 9.97 Å². The predicted octanol–water partition coefficient (Wildman–Crippen LogP) is 4.15. The molecule has 0 saturated heterocycles. The number of H-pyrrole nitrogens is 2. The van der Waals surface area contributed by atoms with Crippen LogP contribution in [0.2, 0.25) is 0 Å². The summed E-state index contributed by atoms with van der Waals surface area (Å²) in [7, 11) is 0. The van der Waals surface area contributed by atoms with Crippen molar-refractivity contribution in [3.63, 3.8) is 0 Å². The van der Waals surface area contributed by atoms with Crippen molar-refractivity contribution in [3.8, 4) is 28.1 Å². The fourth-order valence-electron chi connectivity index (χ4n) is 2.96. The fraction of sp³-hybridized carbons (Fsp3) is 0.0556. The van der Waals surface area contributed by atoms with Crippen LogP contribution in [0.1, 0.15) is 5.82 Å². The molecule has 0 saturated carbocycles. The minimum Gasteiger partial charge on any atom is -0.508 e. The number of fused-ring (bicyclic) bond motifs is 1. The van der Waals surface area contributed by atoms with Gasteiger partial charge in [-0.15, -0.1) is 0 Å². The smallest absolute Gasteiger partial charge is 0.348 e. The van der Waals surface area contributed by atoms with Crippen molar-refractivity contribution in [2.75, 3.05) is 0 Å². The van der Waals surface area contributed by atoms with Crippen molar-refractivity contribution in [2.45, 2.75) is 6.92 Å². The van der Waals surface area contributed by atoms with Crippen LogP contribution in [0.3, 0.4) is 0 Å². The predicted molar refractivity (Wildman–Crippen MR) is 94.4 cm³/mol.